The van der Waals surface area contributed by atoms with Gasteiger partial charge in [-0.15, -0.1) is 0 Å². The Balaban J connectivity index is 1.17. The topological polar surface area (TPSA) is 16.2 Å². The molecule has 11 aromatic carbocycles. The molecular formula is C72H60GaN5. The monoisotopic (exact) mass is 1060 g/mol. The Bertz CT molecular complexity index is 3620. The van der Waals surface area contributed by atoms with Crippen LogP contribution in [0.25, 0.3) is 0 Å². The van der Waals surface area contributed by atoms with Gasteiger partial charge in [0.15, 0.2) is 0 Å². The predicted octanol–water partition coefficient (Wildman–Crippen LogP) is 18.0. The summed E-state index contributed by atoms with van der Waals surface area (Å²) in [4.78, 5) is 12.6. The van der Waals surface area contributed by atoms with Gasteiger partial charge in [-0.25, -0.2) is 0 Å². The van der Waals surface area contributed by atoms with Crippen LogP contribution in [0.15, 0.2) is 255 Å². The van der Waals surface area contributed by atoms with E-state index in [2.05, 4.69) is 321 Å². The zero-order valence-corrected chi connectivity index (χ0v) is 47.5. The molecule has 0 unspecified atom stereocenters. The molecule has 0 bridgehead atoms. The summed E-state index contributed by atoms with van der Waals surface area (Å²) in [6.07, 6.45) is 0. The van der Waals surface area contributed by atoms with E-state index < -0.39 is 16.2 Å². The van der Waals surface area contributed by atoms with Gasteiger partial charge >= 0.3 is 468 Å². The molecule has 0 fully saturated rings. The first-order chi connectivity index (χ1) is 38.2. The molecule has 0 aliphatic carbocycles. The fourth-order valence-electron chi connectivity index (χ4n) is 12.7. The van der Waals surface area contributed by atoms with Crippen LogP contribution in [0.1, 0.15) is 33.4 Å². The van der Waals surface area contributed by atoms with E-state index in [1.165, 1.54) is 79.9 Å². The molecule has 78 heavy (non-hydrogen) atoms. The van der Waals surface area contributed by atoms with Crippen LogP contribution in [-0.4, -0.2) is 16.2 Å². The minimum absolute atomic E-state index is 1.09. The molecule has 0 aromatic heterocycles. The summed E-state index contributed by atoms with van der Waals surface area (Å²) in [6, 6.07) is 94.4. The van der Waals surface area contributed by atoms with E-state index in [4.69, 9.17) is 0 Å². The molecule has 0 N–H and O–H groups in total. The Morgan fingerprint density at radius 1 is 0.256 bits per heavy atom. The Labute approximate surface area is 465 Å². The summed E-state index contributed by atoms with van der Waals surface area (Å²) in [7, 11) is 0. The van der Waals surface area contributed by atoms with E-state index in [-0.39, 0.29) is 0 Å². The van der Waals surface area contributed by atoms with Crippen LogP contribution >= 0.6 is 0 Å². The third-order valence-electron chi connectivity index (χ3n) is 15.6. The van der Waals surface area contributed by atoms with Crippen molar-refractivity contribution in [2.45, 2.75) is 41.5 Å². The van der Waals surface area contributed by atoms with Crippen LogP contribution in [-0.2, 0) is 0 Å². The molecular weight excluding hydrogens is 1000 g/mol. The molecule has 13 rings (SSSR count). The van der Waals surface area contributed by atoms with Crippen molar-refractivity contribution in [1.82, 2.24) is 0 Å². The second-order valence-corrected chi connectivity index (χ2v) is 26.6. The molecule has 376 valence electrons. The summed E-state index contributed by atoms with van der Waals surface area (Å²) in [6.45, 7) is 13.7. The minimum atomic E-state index is -3.18. The predicted molar refractivity (Wildman–Crippen MR) is 333 cm³/mol. The zero-order chi connectivity index (χ0) is 53.0. The first-order valence-electron chi connectivity index (χ1n) is 27.1. The second kappa shape index (κ2) is 20.2. The maximum absolute atomic E-state index is 3.18. The van der Waals surface area contributed by atoms with Crippen molar-refractivity contribution in [2.75, 3.05) is 24.5 Å². The van der Waals surface area contributed by atoms with Crippen molar-refractivity contribution in [3.05, 3.63) is 288 Å². The quantitative estimate of drug-likeness (QED) is 0.120. The van der Waals surface area contributed by atoms with E-state index in [9.17, 15) is 0 Å². The first kappa shape index (κ1) is 48.7. The molecule has 2 aliphatic rings. The average Bonchev–Trinajstić information content (AvgIpc) is 3.63. The van der Waals surface area contributed by atoms with Crippen molar-refractivity contribution in [1.29, 1.82) is 0 Å². The van der Waals surface area contributed by atoms with Gasteiger partial charge in [-0.3, -0.25) is 0 Å². The Morgan fingerprint density at radius 2 is 0.513 bits per heavy atom. The molecule has 5 nitrogen and oxygen atoms in total. The van der Waals surface area contributed by atoms with Crippen LogP contribution in [0, 0.1) is 41.5 Å². The van der Waals surface area contributed by atoms with E-state index in [1.54, 1.807) is 0 Å². The maximum atomic E-state index is 2.66. The second-order valence-electron chi connectivity index (χ2n) is 21.0. The van der Waals surface area contributed by atoms with Crippen LogP contribution in [0.2, 0.25) is 0 Å². The normalized spacial score (nSPS) is 12.2. The standard InChI is InChI=1S/C72H60N5.Ga/c1-52-43-54(3)71(55(4)44-52)76(66-41-25-39-64(47-66)73(58-27-13-7-14-28-58)59-29-15-8-16-30-59)69-49-68(75(62-35-21-11-22-36-62)63-37-23-12-24-38-63)50-70(51-69)77(72-56(5)45-53(2)46-57(72)6)67-42-26-40-65(48-67)74(60-31-17-9-18-32-60)61-33-19-10-20-34-61;/h7-40,43-50H,1-6H3;. The first-order valence-corrected chi connectivity index (χ1v) is 30.8. The van der Waals surface area contributed by atoms with Crippen LogP contribution in [0.5, 0.6) is 0 Å². The van der Waals surface area contributed by atoms with Crippen molar-refractivity contribution < 1.29 is 0 Å². The number of fused-ring (bicyclic) bond motifs is 4. The molecule has 6 heteroatoms. The number of anilines is 15. The van der Waals surface area contributed by atoms with E-state index in [0.29, 0.717) is 0 Å². The summed E-state index contributed by atoms with van der Waals surface area (Å²) in [5.41, 5.74) is 24.8. The summed E-state index contributed by atoms with van der Waals surface area (Å²) < 4.78 is 4.33. The van der Waals surface area contributed by atoms with Gasteiger partial charge in [0, 0.05) is 0 Å². The number of benzene rings is 11. The molecule has 0 spiro atoms. The molecule has 0 saturated carbocycles. The molecule has 0 atom stereocenters. The van der Waals surface area contributed by atoms with Gasteiger partial charge in [-0.2, -0.15) is 0 Å². The van der Waals surface area contributed by atoms with Crippen LogP contribution < -0.4 is 36.9 Å². The molecule has 0 amide bonds. The Hall–Kier alpha value is -8.94. The zero-order valence-electron chi connectivity index (χ0n) is 45.1. The van der Waals surface area contributed by atoms with Gasteiger partial charge in [-0.05, 0) is 0 Å². The number of hydrogen-bond acceptors (Lipinski definition) is 5. The van der Waals surface area contributed by atoms with E-state index >= 15 is 0 Å². The number of rotatable bonds is 11. The van der Waals surface area contributed by atoms with Crippen molar-refractivity contribution in [3.63, 3.8) is 0 Å². The number of hydrogen-bond donors (Lipinski definition) is 0. The third kappa shape index (κ3) is 8.54. The van der Waals surface area contributed by atoms with Gasteiger partial charge < -0.3 is 0 Å². The number of para-hydroxylation sites is 6. The Morgan fingerprint density at radius 3 is 0.795 bits per heavy atom. The van der Waals surface area contributed by atoms with Gasteiger partial charge in [0.2, 0.25) is 0 Å². The summed E-state index contributed by atoms with van der Waals surface area (Å²) in [5.74, 6) is 0. The molecule has 0 saturated heterocycles. The van der Waals surface area contributed by atoms with Crippen molar-refractivity contribution in [3.8, 4) is 0 Å². The molecule has 2 aliphatic heterocycles. The average molecular weight is 1070 g/mol. The fourth-order valence-corrected chi connectivity index (χ4v) is 20.2. The summed E-state index contributed by atoms with van der Waals surface area (Å²) >= 11 is -3.18. The fraction of sp³-hybridized carbons (Fsp3) is 0.0833. The van der Waals surface area contributed by atoms with Crippen molar-refractivity contribution >= 4 is 114 Å². The van der Waals surface area contributed by atoms with Crippen LogP contribution in [0.4, 0.5) is 85.3 Å². The Kier molecular flexibility index (Phi) is 12.6. The van der Waals surface area contributed by atoms with Gasteiger partial charge in [0.25, 0.3) is 0 Å². The number of nitrogens with zero attached hydrogens (tertiary/aromatic N) is 5. The SMILES string of the molecule is Cc1cc(C)c(N2c3cc(N(c4ccccc4)c4ccccc4)cc[c]3[Ga]3[c]4ccc(N(c5ccccc5)c5ccccc5)cc4N(c4c(C)cc(C)cc4C)c4cc(N(c5ccccc5)c5ccccc5)cc2[c]43)c(C)c1. The van der Waals surface area contributed by atoms with Gasteiger partial charge in [0.1, 0.15) is 0 Å². The summed E-state index contributed by atoms with van der Waals surface area (Å²) in [5, 5.41) is 0. The number of aryl methyl sites for hydroxylation is 6. The van der Waals surface area contributed by atoms with E-state index in [1.807, 2.05) is 0 Å². The van der Waals surface area contributed by atoms with Gasteiger partial charge in [-0.1, -0.05) is 0 Å². The van der Waals surface area contributed by atoms with Crippen LogP contribution in [0.3, 0.4) is 0 Å². The van der Waals surface area contributed by atoms with E-state index in [0.717, 1.165) is 51.2 Å². The van der Waals surface area contributed by atoms with Crippen molar-refractivity contribution in [2.24, 2.45) is 0 Å². The molecule has 11 aromatic rings. The molecule has 2 heterocycles. The van der Waals surface area contributed by atoms with Gasteiger partial charge in [0.05, 0.1) is 0 Å². The molecule has 0 radical (unpaired) electrons. The third-order valence-corrected chi connectivity index (χ3v) is 22.7.